The molecule has 2 aromatic rings. The summed E-state index contributed by atoms with van der Waals surface area (Å²) in [5.41, 5.74) is 11.0. The lowest BCUT2D eigenvalue weighted by Crippen LogP contribution is -1.99. The Morgan fingerprint density at radius 3 is 2.15 bits per heavy atom. The van der Waals surface area contributed by atoms with Gasteiger partial charge in [-0.2, -0.15) is 0 Å². The highest BCUT2D eigenvalue weighted by Gasteiger charge is 2.13. The summed E-state index contributed by atoms with van der Waals surface area (Å²) >= 11 is 0. The third kappa shape index (κ3) is 2.84. The molecule has 0 unspecified atom stereocenters. The molecule has 0 fully saturated rings. The molecule has 0 aliphatic carbocycles. The molecule has 0 aromatic heterocycles. The zero-order valence-electron chi connectivity index (χ0n) is 12.6. The molecule has 0 radical (unpaired) electrons. The molecule has 2 rings (SSSR count). The summed E-state index contributed by atoms with van der Waals surface area (Å²) in [6.45, 7) is 8.65. The van der Waals surface area contributed by atoms with Crippen molar-refractivity contribution in [1.82, 2.24) is 0 Å². The highest BCUT2D eigenvalue weighted by atomic mass is 19.1. The van der Waals surface area contributed by atoms with E-state index in [1.807, 2.05) is 0 Å². The third-order valence-corrected chi connectivity index (χ3v) is 3.67. The SMILES string of the molecule is CC(C)c1ccc(-c2cc(F)ccc2N)c(C(C)C)c1. The van der Waals surface area contributed by atoms with Crippen molar-refractivity contribution in [2.75, 3.05) is 5.73 Å². The van der Waals surface area contributed by atoms with Crippen LogP contribution in [-0.4, -0.2) is 0 Å². The summed E-state index contributed by atoms with van der Waals surface area (Å²) in [7, 11) is 0. The highest BCUT2D eigenvalue weighted by molar-refractivity contribution is 5.79. The molecular weight excluding hydrogens is 249 g/mol. The van der Waals surface area contributed by atoms with Crippen LogP contribution in [-0.2, 0) is 0 Å². The average molecular weight is 271 g/mol. The van der Waals surface area contributed by atoms with Gasteiger partial charge >= 0.3 is 0 Å². The van der Waals surface area contributed by atoms with Gasteiger partial charge in [0.1, 0.15) is 5.82 Å². The van der Waals surface area contributed by atoms with Gasteiger partial charge in [0.05, 0.1) is 0 Å². The molecule has 0 aliphatic rings. The predicted octanol–water partition coefficient (Wildman–Crippen LogP) is 5.32. The lowest BCUT2D eigenvalue weighted by Gasteiger charge is -2.17. The van der Waals surface area contributed by atoms with Gasteiger partial charge in [-0.05, 0) is 46.7 Å². The number of halogens is 1. The molecule has 1 nitrogen and oxygen atoms in total. The minimum absolute atomic E-state index is 0.253. The first-order chi connectivity index (χ1) is 9.40. The van der Waals surface area contributed by atoms with Gasteiger partial charge in [0, 0.05) is 11.3 Å². The van der Waals surface area contributed by atoms with Crippen molar-refractivity contribution < 1.29 is 4.39 Å². The lowest BCUT2D eigenvalue weighted by molar-refractivity contribution is 0.628. The van der Waals surface area contributed by atoms with Crippen LogP contribution in [0.2, 0.25) is 0 Å². The number of rotatable bonds is 3. The van der Waals surface area contributed by atoms with E-state index in [1.54, 1.807) is 6.07 Å². The first-order valence-corrected chi connectivity index (χ1v) is 7.09. The molecule has 0 bridgehead atoms. The molecule has 0 aliphatic heterocycles. The van der Waals surface area contributed by atoms with Crippen molar-refractivity contribution in [2.24, 2.45) is 0 Å². The molecule has 0 spiro atoms. The lowest BCUT2D eigenvalue weighted by atomic mass is 9.88. The maximum absolute atomic E-state index is 13.5. The molecule has 2 aromatic carbocycles. The monoisotopic (exact) mass is 271 g/mol. The third-order valence-electron chi connectivity index (χ3n) is 3.67. The highest BCUT2D eigenvalue weighted by Crippen LogP contribution is 2.35. The van der Waals surface area contributed by atoms with E-state index >= 15 is 0 Å². The fraction of sp³-hybridized carbons (Fsp3) is 0.333. The molecular formula is C18H22FN. The fourth-order valence-corrected chi connectivity index (χ4v) is 2.43. The topological polar surface area (TPSA) is 26.0 Å². The second-order valence-corrected chi connectivity index (χ2v) is 5.89. The molecule has 2 N–H and O–H groups in total. The molecule has 0 amide bonds. The molecule has 0 saturated carbocycles. The summed E-state index contributed by atoms with van der Waals surface area (Å²) in [6, 6.07) is 10.9. The second-order valence-electron chi connectivity index (χ2n) is 5.89. The summed E-state index contributed by atoms with van der Waals surface area (Å²) in [5.74, 6) is 0.592. The second kappa shape index (κ2) is 5.66. The largest absolute Gasteiger partial charge is 0.398 e. The Hall–Kier alpha value is -1.83. The number of hydrogen-bond acceptors (Lipinski definition) is 1. The zero-order valence-corrected chi connectivity index (χ0v) is 12.6. The minimum Gasteiger partial charge on any atom is -0.398 e. The van der Waals surface area contributed by atoms with E-state index in [9.17, 15) is 4.39 Å². The summed E-state index contributed by atoms with van der Waals surface area (Å²) in [5, 5.41) is 0. The number of anilines is 1. The molecule has 106 valence electrons. The van der Waals surface area contributed by atoms with E-state index in [0.29, 0.717) is 17.5 Å². The fourth-order valence-electron chi connectivity index (χ4n) is 2.43. The van der Waals surface area contributed by atoms with Crippen LogP contribution < -0.4 is 5.73 Å². The maximum Gasteiger partial charge on any atom is 0.123 e. The number of nitrogens with two attached hydrogens (primary N) is 1. The van der Waals surface area contributed by atoms with Gasteiger partial charge in [0.2, 0.25) is 0 Å². The van der Waals surface area contributed by atoms with Crippen LogP contribution >= 0.6 is 0 Å². The van der Waals surface area contributed by atoms with Gasteiger partial charge < -0.3 is 5.73 Å². The van der Waals surface area contributed by atoms with Crippen LogP contribution in [0.3, 0.4) is 0 Å². The minimum atomic E-state index is -0.253. The Bertz CT molecular complexity index is 615. The van der Waals surface area contributed by atoms with Gasteiger partial charge in [-0.3, -0.25) is 0 Å². The molecule has 2 heteroatoms. The summed E-state index contributed by atoms with van der Waals surface area (Å²) in [4.78, 5) is 0. The van der Waals surface area contributed by atoms with Gasteiger partial charge in [-0.25, -0.2) is 4.39 Å². The van der Waals surface area contributed by atoms with Gasteiger partial charge in [-0.1, -0.05) is 45.9 Å². The first-order valence-electron chi connectivity index (χ1n) is 7.09. The van der Waals surface area contributed by atoms with Crippen LogP contribution in [0.1, 0.15) is 50.7 Å². The Balaban J connectivity index is 2.64. The van der Waals surface area contributed by atoms with E-state index in [-0.39, 0.29) is 5.82 Å². The van der Waals surface area contributed by atoms with Crippen LogP contribution in [0.15, 0.2) is 36.4 Å². The number of hydrogen-bond donors (Lipinski definition) is 1. The zero-order chi connectivity index (χ0) is 14.9. The average Bonchev–Trinajstić information content (AvgIpc) is 2.40. The van der Waals surface area contributed by atoms with E-state index in [2.05, 4.69) is 45.9 Å². The molecule has 0 heterocycles. The van der Waals surface area contributed by atoms with Crippen LogP contribution in [0, 0.1) is 5.82 Å². The Labute approximate surface area is 120 Å². The van der Waals surface area contributed by atoms with Crippen LogP contribution in [0.5, 0.6) is 0 Å². The molecule has 0 saturated heterocycles. The molecule has 0 atom stereocenters. The number of nitrogen functional groups attached to an aromatic ring is 1. The van der Waals surface area contributed by atoms with Crippen LogP contribution in [0.4, 0.5) is 10.1 Å². The number of benzene rings is 2. The summed E-state index contributed by atoms with van der Waals surface area (Å²) in [6.07, 6.45) is 0. The van der Waals surface area contributed by atoms with Gasteiger partial charge in [0.15, 0.2) is 0 Å². The Morgan fingerprint density at radius 2 is 1.55 bits per heavy atom. The van der Waals surface area contributed by atoms with E-state index in [1.165, 1.54) is 23.3 Å². The van der Waals surface area contributed by atoms with E-state index in [0.717, 1.165) is 11.1 Å². The van der Waals surface area contributed by atoms with Crippen molar-refractivity contribution in [3.8, 4) is 11.1 Å². The van der Waals surface area contributed by atoms with Crippen LogP contribution in [0.25, 0.3) is 11.1 Å². The summed E-state index contributed by atoms with van der Waals surface area (Å²) < 4.78 is 13.5. The quantitative estimate of drug-likeness (QED) is 0.751. The smallest absolute Gasteiger partial charge is 0.123 e. The van der Waals surface area contributed by atoms with Crippen molar-refractivity contribution in [2.45, 2.75) is 39.5 Å². The van der Waals surface area contributed by atoms with Crippen molar-refractivity contribution in [3.05, 3.63) is 53.3 Å². The van der Waals surface area contributed by atoms with Gasteiger partial charge in [-0.15, -0.1) is 0 Å². The first kappa shape index (κ1) is 14.6. The standard InChI is InChI=1S/C18H22FN/c1-11(2)13-5-7-15(16(9-13)12(3)4)17-10-14(19)6-8-18(17)20/h5-12H,20H2,1-4H3. The van der Waals surface area contributed by atoms with Gasteiger partial charge in [0.25, 0.3) is 0 Å². The van der Waals surface area contributed by atoms with Crippen molar-refractivity contribution in [1.29, 1.82) is 0 Å². The Morgan fingerprint density at radius 1 is 0.850 bits per heavy atom. The van der Waals surface area contributed by atoms with E-state index in [4.69, 9.17) is 5.73 Å². The Kier molecular flexibility index (Phi) is 4.12. The maximum atomic E-state index is 13.5. The van der Waals surface area contributed by atoms with E-state index < -0.39 is 0 Å². The normalized spacial score (nSPS) is 11.3. The van der Waals surface area contributed by atoms with Crippen molar-refractivity contribution >= 4 is 5.69 Å². The predicted molar refractivity (Wildman–Crippen MR) is 84.4 cm³/mol. The van der Waals surface area contributed by atoms with Crippen molar-refractivity contribution in [3.63, 3.8) is 0 Å². The molecule has 20 heavy (non-hydrogen) atoms.